The van der Waals surface area contributed by atoms with Crippen LogP contribution in [0.5, 0.6) is 0 Å². The van der Waals surface area contributed by atoms with Gasteiger partial charge in [0.1, 0.15) is 0 Å². The van der Waals surface area contributed by atoms with Gasteiger partial charge in [-0.05, 0) is 51.6 Å². The second kappa shape index (κ2) is 17.4. The number of hydrogen-bond donors (Lipinski definition) is 0. The second-order valence-electron chi connectivity index (χ2n) is 5.93. The quantitative estimate of drug-likeness (QED) is 0.201. The van der Waals surface area contributed by atoms with Gasteiger partial charge in [-0.25, -0.2) is 0 Å². The highest BCUT2D eigenvalue weighted by atomic mass is 33.1. The number of hydrogen-bond acceptors (Lipinski definition) is 6. The molecule has 146 valence electrons. The lowest BCUT2D eigenvalue weighted by atomic mass is 10.3. The predicted octanol–water partition coefficient (Wildman–Crippen LogP) is 4.23. The minimum Gasteiger partial charge on any atom is -0.397 e. The van der Waals surface area contributed by atoms with Gasteiger partial charge in [0.15, 0.2) is 0 Å². The molecule has 0 saturated carbocycles. The van der Waals surface area contributed by atoms with E-state index in [2.05, 4.69) is 41.5 Å². The third-order valence-corrected chi connectivity index (χ3v) is 11.5. The average Bonchev–Trinajstić information content (AvgIpc) is 2.52. The van der Waals surface area contributed by atoms with Crippen LogP contribution < -0.4 is 0 Å². The summed E-state index contributed by atoms with van der Waals surface area (Å²) in [5, 5.41) is 0. The van der Waals surface area contributed by atoms with Crippen LogP contribution in [0, 0.1) is 11.8 Å². The highest BCUT2D eigenvalue weighted by Gasteiger charge is 2.18. The minimum absolute atomic E-state index is 0.654. The summed E-state index contributed by atoms with van der Waals surface area (Å²) in [6, 6.07) is 2.21. The largest absolute Gasteiger partial charge is 0.397 e. The molecule has 0 aromatic carbocycles. The first-order valence-electron chi connectivity index (χ1n) is 9.27. The van der Waals surface area contributed by atoms with Gasteiger partial charge in [0, 0.05) is 37.9 Å². The van der Waals surface area contributed by atoms with E-state index in [4.69, 9.17) is 17.7 Å². The Labute approximate surface area is 161 Å². The van der Waals surface area contributed by atoms with E-state index < -0.39 is 18.6 Å². The molecule has 0 aromatic rings. The van der Waals surface area contributed by atoms with E-state index >= 15 is 0 Å². The van der Waals surface area contributed by atoms with Gasteiger partial charge in [0.05, 0.1) is 0 Å². The zero-order valence-electron chi connectivity index (χ0n) is 16.4. The van der Waals surface area contributed by atoms with E-state index in [0.717, 1.165) is 38.5 Å². The molecule has 24 heavy (non-hydrogen) atoms. The summed E-state index contributed by atoms with van der Waals surface area (Å²) < 4.78 is 23.1. The molecule has 0 aromatic heterocycles. The topological polar surface area (TPSA) is 36.9 Å². The van der Waals surface area contributed by atoms with E-state index in [1.165, 1.54) is 11.5 Å². The minimum atomic E-state index is -1.45. The number of rotatable bonds is 17. The van der Waals surface area contributed by atoms with Crippen molar-refractivity contribution < 1.29 is 17.7 Å². The lowest BCUT2D eigenvalue weighted by molar-refractivity contribution is 0.209. The van der Waals surface area contributed by atoms with Crippen LogP contribution >= 0.6 is 21.6 Å². The molecule has 0 N–H and O–H groups in total. The van der Waals surface area contributed by atoms with Gasteiger partial charge in [-0.15, -0.1) is 0 Å². The highest BCUT2D eigenvalue weighted by Crippen LogP contribution is 2.29. The zero-order valence-corrected chi connectivity index (χ0v) is 20.4. The molecule has 0 radical (unpaired) electrons. The van der Waals surface area contributed by atoms with E-state index in [1.807, 2.05) is 21.6 Å². The van der Waals surface area contributed by atoms with E-state index in [1.54, 1.807) is 0 Å². The molecule has 0 aliphatic heterocycles. The van der Waals surface area contributed by atoms with Crippen LogP contribution in [0.15, 0.2) is 0 Å². The smallest absolute Gasteiger partial charge is 0.321 e. The molecule has 0 amide bonds. The van der Waals surface area contributed by atoms with Gasteiger partial charge >= 0.3 is 18.6 Å². The predicted molar refractivity (Wildman–Crippen MR) is 114 cm³/mol. The third kappa shape index (κ3) is 14.2. The van der Waals surface area contributed by atoms with Gasteiger partial charge < -0.3 is 17.7 Å². The van der Waals surface area contributed by atoms with Crippen LogP contribution in [0.2, 0.25) is 12.1 Å². The molecular formula is C16H38O4S2Si2. The monoisotopic (exact) mass is 414 g/mol. The van der Waals surface area contributed by atoms with Crippen molar-refractivity contribution >= 4 is 40.2 Å². The first-order valence-corrected chi connectivity index (χ1v) is 15.3. The Morgan fingerprint density at radius 3 is 1.17 bits per heavy atom. The molecule has 0 aliphatic rings. The zero-order chi connectivity index (χ0) is 18.2. The Morgan fingerprint density at radius 2 is 0.917 bits per heavy atom. The van der Waals surface area contributed by atoms with Crippen LogP contribution in [0.4, 0.5) is 0 Å². The lowest BCUT2D eigenvalue weighted by Gasteiger charge is -2.20. The standard InChI is InChI=1S/C16H38O4S2Si2/c1-7-17-23(18-8-2)13-15(5)11-21-22-12-16(6)14-24(19-9-3)20-10-4/h15-16,23-24H,7-14H2,1-6H3. The molecule has 0 fully saturated rings. The van der Waals surface area contributed by atoms with E-state index in [-0.39, 0.29) is 0 Å². The summed E-state index contributed by atoms with van der Waals surface area (Å²) in [6.07, 6.45) is 0. The fraction of sp³-hybridized carbons (Fsp3) is 1.00. The van der Waals surface area contributed by atoms with E-state index in [0.29, 0.717) is 11.8 Å². The van der Waals surface area contributed by atoms with Gasteiger partial charge in [0.25, 0.3) is 0 Å². The molecule has 0 saturated heterocycles. The van der Waals surface area contributed by atoms with Gasteiger partial charge in [0.2, 0.25) is 0 Å². The van der Waals surface area contributed by atoms with Gasteiger partial charge in [-0.3, -0.25) is 0 Å². The Kier molecular flexibility index (Phi) is 18.1. The normalized spacial score (nSPS) is 14.5. The summed E-state index contributed by atoms with van der Waals surface area (Å²) in [4.78, 5) is 0. The first-order chi connectivity index (χ1) is 11.6. The first kappa shape index (κ1) is 25.0. The average molecular weight is 415 g/mol. The Hall–Kier alpha value is 0.974. The third-order valence-electron chi connectivity index (χ3n) is 3.39. The molecule has 0 aliphatic carbocycles. The van der Waals surface area contributed by atoms with Crippen LogP contribution in [-0.2, 0) is 17.7 Å². The van der Waals surface area contributed by atoms with Crippen molar-refractivity contribution in [2.24, 2.45) is 11.8 Å². The van der Waals surface area contributed by atoms with Crippen molar-refractivity contribution in [3.63, 3.8) is 0 Å². The van der Waals surface area contributed by atoms with Crippen molar-refractivity contribution in [3.05, 3.63) is 0 Å². The van der Waals surface area contributed by atoms with Crippen LogP contribution in [0.1, 0.15) is 41.5 Å². The summed E-state index contributed by atoms with van der Waals surface area (Å²) in [7, 11) is 1.07. The molecule has 2 atom stereocenters. The molecule has 0 bridgehead atoms. The maximum absolute atomic E-state index is 5.76. The fourth-order valence-electron chi connectivity index (χ4n) is 2.23. The van der Waals surface area contributed by atoms with Gasteiger partial charge in [-0.2, -0.15) is 0 Å². The van der Waals surface area contributed by atoms with Crippen molar-refractivity contribution in [1.82, 2.24) is 0 Å². The summed E-state index contributed by atoms with van der Waals surface area (Å²) in [5.74, 6) is 3.64. The Bertz CT molecular complexity index is 240. The highest BCUT2D eigenvalue weighted by molar-refractivity contribution is 8.76. The maximum Gasteiger partial charge on any atom is 0.321 e. The maximum atomic E-state index is 5.76. The molecule has 0 spiro atoms. The SMILES string of the molecule is CCO[SiH](CC(C)CSSCC(C)C[SiH](OCC)OCC)OCC. The molecular weight excluding hydrogens is 376 g/mol. The van der Waals surface area contributed by atoms with Crippen molar-refractivity contribution in [2.45, 2.75) is 53.6 Å². The van der Waals surface area contributed by atoms with Gasteiger partial charge in [-0.1, -0.05) is 35.4 Å². The molecule has 8 heteroatoms. The van der Waals surface area contributed by atoms with Crippen molar-refractivity contribution in [2.75, 3.05) is 37.9 Å². The van der Waals surface area contributed by atoms with Crippen molar-refractivity contribution in [3.8, 4) is 0 Å². The van der Waals surface area contributed by atoms with Crippen LogP contribution in [-0.4, -0.2) is 56.5 Å². The molecule has 4 nitrogen and oxygen atoms in total. The Morgan fingerprint density at radius 1 is 0.625 bits per heavy atom. The molecule has 0 rings (SSSR count). The van der Waals surface area contributed by atoms with Crippen LogP contribution in [0.3, 0.4) is 0 Å². The van der Waals surface area contributed by atoms with Crippen molar-refractivity contribution in [1.29, 1.82) is 0 Å². The Balaban J connectivity index is 3.85. The summed E-state index contributed by atoms with van der Waals surface area (Å²) >= 11 is 0. The lowest BCUT2D eigenvalue weighted by Crippen LogP contribution is -2.26. The van der Waals surface area contributed by atoms with Crippen LogP contribution in [0.25, 0.3) is 0 Å². The molecule has 0 heterocycles. The van der Waals surface area contributed by atoms with E-state index in [9.17, 15) is 0 Å². The fourth-order valence-corrected chi connectivity index (χ4v) is 9.49. The second-order valence-corrected chi connectivity index (χ2v) is 12.5. The molecule has 2 unspecified atom stereocenters. The summed E-state index contributed by atoms with van der Waals surface area (Å²) in [6.45, 7) is 15.9. The summed E-state index contributed by atoms with van der Waals surface area (Å²) in [5.41, 5.74) is 0.